The van der Waals surface area contributed by atoms with Crippen LogP contribution in [-0.4, -0.2) is 17.6 Å². The van der Waals surface area contributed by atoms with Crippen LogP contribution in [0.15, 0.2) is 17.3 Å². The molecule has 5 nitrogen and oxygen atoms in total. The minimum atomic E-state index is -0.714. The molecule has 0 rings (SSSR count). The van der Waals surface area contributed by atoms with Crippen LogP contribution in [-0.2, 0) is 4.79 Å². The van der Waals surface area contributed by atoms with Crippen molar-refractivity contribution >= 4 is 5.97 Å². The SMILES string of the molecule is [N-]=[N+]=NCCCCC/C=C/CCCCC(=O)O. The van der Waals surface area contributed by atoms with Crippen molar-refractivity contribution in [1.29, 1.82) is 0 Å². The van der Waals surface area contributed by atoms with Crippen molar-refractivity contribution in [3.05, 3.63) is 22.6 Å². The zero-order valence-electron chi connectivity index (χ0n) is 10.2. The fourth-order valence-corrected chi connectivity index (χ4v) is 1.44. The molecule has 5 heteroatoms. The number of carboxylic acids is 1. The fourth-order valence-electron chi connectivity index (χ4n) is 1.44. The van der Waals surface area contributed by atoms with Gasteiger partial charge in [0.05, 0.1) is 0 Å². The normalized spacial score (nSPS) is 10.4. The molecule has 17 heavy (non-hydrogen) atoms. The van der Waals surface area contributed by atoms with Crippen LogP contribution < -0.4 is 0 Å². The highest BCUT2D eigenvalue weighted by Crippen LogP contribution is 2.04. The molecule has 1 N–H and O–H groups in total. The van der Waals surface area contributed by atoms with Gasteiger partial charge in [0.25, 0.3) is 0 Å². The monoisotopic (exact) mass is 239 g/mol. The van der Waals surface area contributed by atoms with Gasteiger partial charge in [0.15, 0.2) is 0 Å². The van der Waals surface area contributed by atoms with Crippen molar-refractivity contribution in [2.75, 3.05) is 6.54 Å². The maximum Gasteiger partial charge on any atom is 0.303 e. The molecule has 0 heterocycles. The first-order chi connectivity index (χ1) is 8.27. The van der Waals surface area contributed by atoms with E-state index in [4.69, 9.17) is 10.6 Å². The summed E-state index contributed by atoms with van der Waals surface area (Å²) in [5, 5.41) is 11.9. The summed E-state index contributed by atoms with van der Waals surface area (Å²) in [6.45, 7) is 0.593. The Labute approximate surface area is 102 Å². The lowest BCUT2D eigenvalue weighted by atomic mass is 10.1. The first kappa shape index (κ1) is 15.5. The predicted molar refractivity (Wildman–Crippen MR) is 67.7 cm³/mol. The Bertz CT molecular complexity index is 271. The quantitative estimate of drug-likeness (QED) is 0.194. The first-order valence-corrected chi connectivity index (χ1v) is 6.15. The van der Waals surface area contributed by atoms with Gasteiger partial charge in [-0.25, -0.2) is 0 Å². The molecule has 0 aliphatic carbocycles. The van der Waals surface area contributed by atoms with E-state index in [1.807, 2.05) is 0 Å². The van der Waals surface area contributed by atoms with E-state index in [2.05, 4.69) is 22.2 Å². The van der Waals surface area contributed by atoms with Crippen LogP contribution >= 0.6 is 0 Å². The standard InChI is InChI=1S/C12H21N3O2/c13-15-14-11-9-7-5-3-1-2-4-6-8-10-12(16)17/h1-2H,3-11H2,(H,16,17)/b2-1+. The number of hydrogen-bond acceptors (Lipinski definition) is 2. The number of unbranched alkanes of at least 4 members (excludes halogenated alkanes) is 5. The molecule has 0 aromatic rings. The molecule has 0 radical (unpaired) electrons. The molecule has 0 atom stereocenters. The number of aliphatic carboxylic acids is 1. The Morgan fingerprint density at radius 1 is 1.12 bits per heavy atom. The molecule has 0 saturated heterocycles. The van der Waals surface area contributed by atoms with E-state index in [1.54, 1.807) is 0 Å². The van der Waals surface area contributed by atoms with Crippen LogP contribution in [0, 0.1) is 0 Å². The van der Waals surface area contributed by atoms with Crippen LogP contribution in [0.4, 0.5) is 0 Å². The number of carboxylic acid groups (broad SMARTS) is 1. The second kappa shape index (κ2) is 12.6. The summed E-state index contributed by atoms with van der Waals surface area (Å²) in [6.07, 6.45) is 11.4. The summed E-state index contributed by atoms with van der Waals surface area (Å²) in [7, 11) is 0. The van der Waals surface area contributed by atoms with Crippen molar-refractivity contribution in [2.24, 2.45) is 5.11 Å². The zero-order valence-corrected chi connectivity index (χ0v) is 10.2. The van der Waals surface area contributed by atoms with E-state index in [9.17, 15) is 4.79 Å². The lowest BCUT2D eigenvalue weighted by molar-refractivity contribution is -0.137. The summed E-state index contributed by atoms with van der Waals surface area (Å²) >= 11 is 0. The van der Waals surface area contributed by atoms with Crippen molar-refractivity contribution in [2.45, 2.75) is 51.4 Å². The lowest BCUT2D eigenvalue weighted by Crippen LogP contribution is -1.92. The maximum absolute atomic E-state index is 10.2. The number of rotatable bonds is 11. The van der Waals surface area contributed by atoms with Gasteiger partial charge >= 0.3 is 5.97 Å². The molecule has 0 fully saturated rings. The molecule has 0 aliphatic heterocycles. The van der Waals surface area contributed by atoms with E-state index in [0.29, 0.717) is 6.54 Å². The highest BCUT2D eigenvalue weighted by molar-refractivity contribution is 5.66. The van der Waals surface area contributed by atoms with Crippen molar-refractivity contribution in [3.8, 4) is 0 Å². The van der Waals surface area contributed by atoms with Crippen molar-refractivity contribution in [1.82, 2.24) is 0 Å². The number of azide groups is 1. The third kappa shape index (κ3) is 14.5. The van der Waals surface area contributed by atoms with Gasteiger partial charge in [-0.2, -0.15) is 0 Å². The van der Waals surface area contributed by atoms with Gasteiger partial charge in [-0.15, -0.1) is 0 Å². The van der Waals surface area contributed by atoms with Gasteiger partial charge in [-0.3, -0.25) is 4.79 Å². The lowest BCUT2D eigenvalue weighted by Gasteiger charge is -1.95. The number of allylic oxidation sites excluding steroid dienone is 2. The Kier molecular flexibility index (Phi) is 11.5. The van der Waals surface area contributed by atoms with Crippen LogP contribution in [0.2, 0.25) is 0 Å². The molecule has 0 aromatic carbocycles. The van der Waals surface area contributed by atoms with Gasteiger partial charge < -0.3 is 5.11 Å². The van der Waals surface area contributed by atoms with Crippen LogP contribution in [0.3, 0.4) is 0 Å². The molecule has 0 saturated carbocycles. The number of hydrogen-bond donors (Lipinski definition) is 1. The third-order valence-electron chi connectivity index (χ3n) is 2.37. The highest BCUT2D eigenvalue weighted by Gasteiger charge is 1.94. The second-order valence-electron chi connectivity index (χ2n) is 3.91. The Morgan fingerprint density at radius 3 is 2.35 bits per heavy atom. The fraction of sp³-hybridized carbons (Fsp3) is 0.750. The van der Waals surface area contributed by atoms with E-state index < -0.39 is 5.97 Å². The van der Waals surface area contributed by atoms with Crippen LogP contribution in [0.5, 0.6) is 0 Å². The van der Waals surface area contributed by atoms with Crippen molar-refractivity contribution in [3.63, 3.8) is 0 Å². The summed E-state index contributed by atoms with van der Waals surface area (Å²) < 4.78 is 0. The molecule has 0 bridgehead atoms. The second-order valence-corrected chi connectivity index (χ2v) is 3.91. The van der Waals surface area contributed by atoms with Gasteiger partial charge in [-0.1, -0.05) is 23.7 Å². The zero-order chi connectivity index (χ0) is 12.8. The van der Waals surface area contributed by atoms with E-state index in [0.717, 1.165) is 44.9 Å². The molecule has 0 amide bonds. The molecule has 0 spiro atoms. The molecule has 0 aromatic heterocycles. The minimum absolute atomic E-state index is 0.271. The average Bonchev–Trinajstić information content (AvgIpc) is 2.30. The smallest absolute Gasteiger partial charge is 0.303 e. The number of nitrogens with zero attached hydrogens (tertiary/aromatic N) is 3. The Balaban J connectivity index is 3.14. The van der Waals surface area contributed by atoms with Crippen LogP contribution in [0.25, 0.3) is 10.4 Å². The maximum atomic E-state index is 10.2. The topological polar surface area (TPSA) is 86.1 Å². The molecular weight excluding hydrogens is 218 g/mol. The molecule has 96 valence electrons. The minimum Gasteiger partial charge on any atom is -0.481 e. The summed E-state index contributed by atoms with van der Waals surface area (Å²) in [6, 6.07) is 0. The highest BCUT2D eigenvalue weighted by atomic mass is 16.4. The Hall–Kier alpha value is -1.48. The van der Waals surface area contributed by atoms with Gasteiger partial charge in [-0.05, 0) is 44.1 Å². The van der Waals surface area contributed by atoms with E-state index in [-0.39, 0.29) is 6.42 Å². The summed E-state index contributed by atoms with van der Waals surface area (Å²) in [5.41, 5.74) is 8.05. The van der Waals surface area contributed by atoms with E-state index >= 15 is 0 Å². The van der Waals surface area contributed by atoms with Gasteiger partial charge in [0.1, 0.15) is 0 Å². The van der Waals surface area contributed by atoms with Gasteiger partial charge in [0, 0.05) is 17.9 Å². The summed E-state index contributed by atoms with van der Waals surface area (Å²) in [4.78, 5) is 12.9. The first-order valence-electron chi connectivity index (χ1n) is 6.15. The van der Waals surface area contributed by atoms with Crippen molar-refractivity contribution < 1.29 is 9.90 Å². The Morgan fingerprint density at radius 2 is 1.76 bits per heavy atom. The van der Waals surface area contributed by atoms with Crippen LogP contribution in [0.1, 0.15) is 51.4 Å². The van der Waals surface area contributed by atoms with Gasteiger partial charge in [0.2, 0.25) is 0 Å². The number of carbonyl (C=O) groups is 1. The molecule has 0 unspecified atom stereocenters. The molecular formula is C12H21N3O2. The third-order valence-corrected chi connectivity index (χ3v) is 2.37. The summed E-state index contributed by atoms with van der Waals surface area (Å²) in [5.74, 6) is -0.714. The largest absolute Gasteiger partial charge is 0.481 e. The average molecular weight is 239 g/mol. The predicted octanol–water partition coefficient (Wildman–Crippen LogP) is 4.06. The van der Waals surface area contributed by atoms with E-state index in [1.165, 1.54) is 0 Å². The molecule has 0 aliphatic rings.